The highest BCUT2D eigenvalue weighted by Gasteiger charge is 2.08. The van der Waals surface area contributed by atoms with Crippen molar-refractivity contribution in [1.82, 2.24) is 9.97 Å². The van der Waals surface area contributed by atoms with Crippen molar-refractivity contribution < 1.29 is 8.78 Å². The van der Waals surface area contributed by atoms with Crippen LogP contribution in [0.3, 0.4) is 0 Å². The minimum Gasteiger partial charge on any atom is -0.369 e. The summed E-state index contributed by atoms with van der Waals surface area (Å²) in [6.07, 6.45) is 0. The van der Waals surface area contributed by atoms with E-state index >= 15 is 0 Å². The van der Waals surface area contributed by atoms with E-state index in [4.69, 9.17) is 5.73 Å². The van der Waals surface area contributed by atoms with E-state index in [9.17, 15) is 8.78 Å². The van der Waals surface area contributed by atoms with E-state index < -0.39 is 11.6 Å². The molecule has 100 valence electrons. The lowest BCUT2D eigenvalue weighted by Gasteiger charge is -2.08. The van der Waals surface area contributed by atoms with Crippen LogP contribution < -0.4 is 11.1 Å². The Morgan fingerprint density at radius 1 is 1.16 bits per heavy atom. The van der Waals surface area contributed by atoms with Crippen molar-refractivity contribution in [1.29, 1.82) is 0 Å². The van der Waals surface area contributed by atoms with Gasteiger partial charge in [-0.1, -0.05) is 0 Å². The Hall–Kier alpha value is -2.08. The van der Waals surface area contributed by atoms with E-state index in [1.807, 2.05) is 0 Å². The second-order valence-corrected chi connectivity index (χ2v) is 4.03. The SMILES string of the molecule is Cc1nc(NCCN)cc(-c2ccc(F)c(F)c2)n1. The first-order valence-corrected chi connectivity index (χ1v) is 5.85. The number of nitrogens with two attached hydrogens (primary N) is 1. The van der Waals surface area contributed by atoms with Crippen LogP contribution in [0.1, 0.15) is 5.82 Å². The van der Waals surface area contributed by atoms with Gasteiger partial charge in [0.25, 0.3) is 0 Å². The number of nitrogens with zero attached hydrogens (tertiary/aromatic N) is 2. The molecule has 3 N–H and O–H groups in total. The molecule has 6 heteroatoms. The number of aromatic nitrogens is 2. The molecule has 2 aromatic rings. The number of benzene rings is 1. The van der Waals surface area contributed by atoms with E-state index in [1.165, 1.54) is 6.07 Å². The fourth-order valence-corrected chi connectivity index (χ4v) is 1.66. The normalized spacial score (nSPS) is 10.5. The summed E-state index contributed by atoms with van der Waals surface area (Å²) < 4.78 is 26.1. The molecule has 0 atom stereocenters. The van der Waals surface area contributed by atoms with Gasteiger partial charge in [-0.3, -0.25) is 0 Å². The highest BCUT2D eigenvalue weighted by atomic mass is 19.2. The quantitative estimate of drug-likeness (QED) is 0.887. The van der Waals surface area contributed by atoms with Crippen LogP contribution in [-0.4, -0.2) is 23.1 Å². The molecular formula is C13H14F2N4. The molecule has 0 aliphatic heterocycles. The van der Waals surface area contributed by atoms with Crippen molar-refractivity contribution in [2.75, 3.05) is 18.4 Å². The average Bonchev–Trinajstić information content (AvgIpc) is 2.39. The number of nitrogens with one attached hydrogen (secondary N) is 1. The lowest BCUT2D eigenvalue weighted by Crippen LogP contribution is -2.14. The van der Waals surface area contributed by atoms with E-state index in [1.54, 1.807) is 13.0 Å². The first-order chi connectivity index (χ1) is 9.10. The number of hydrogen-bond donors (Lipinski definition) is 2. The molecule has 0 aliphatic carbocycles. The number of hydrogen-bond acceptors (Lipinski definition) is 4. The topological polar surface area (TPSA) is 63.8 Å². The zero-order chi connectivity index (χ0) is 13.8. The number of halogens is 2. The Kier molecular flexibility index (Phi) is 4.01. The van der Waals surface area contributed by atoms with E-state index in [0.717, 1.165) is 12.1 Å². The smallest absolute Gasteiger partial charge is 0.159 e. The molecule has 2 rings (SSSR count). The van der Waals surface area contributed by atoms with E-state index in [0.29, 0.717) is 36.0 Å². The number of anilines is 1. The van der Waals surface area contributed by atoms with Crippen LogP contribution in [0.25, 0.3) is 11.3 Å². The van der Waals surface area contributed by atoms with Gasteiger partial charge in [-0.15, -0.1) is 0 Å². The van der Waals surface area contributed by atoms with Crippen LogP contribution in [0.2, 0.25) is 0 Å². The molecule has 0 spiro atoms. The molecule has 0 amide bonds. The van der Waals surface area contributed by atoms with Gasteiger partial charge in [0.1, 0.15) is 11.6 Å². The van der Waals surface area contributed by atoms with Crippen LogP contribution in [-0.2, 0) is 0 Å². The molecule has 0 unspecified atom stereocenters. The minimum absolute atomic E-state index is 0.476. The van der Waals surface area contributed by atoms with Gasteiger partial charge in [-0.25, -0.2) is 18.7 Å². The van der Waals surface area contributed by atoms with Crippen LogP contribution in [0.4, 0.5) is 14.6 Å². The van der Waals surface area contributed by atoms with Crippen molar-refractivity contribution in [3.05, 3.63) is 41.7 Å². The third-order valence-electron chi connectivity index (χ3n) is 2.50. The summed E-state index contributed by atoms with van der Waals surface area (Å²) in [6, 6.07) is 5.35. The summed E-state index contributed by atoms with van der Waals surface area (Å²) in [5, 5.41) is 3.03. The first-order valence-electron chi connectivity index (χ1n) is 5.85. The summed E-state index contributed by atoms with van der Waals surface area (Å²) in [5.41, 5.74) is 6.44. The van der Waals surface area contributed by atoms with E-state index in [2.05, 4.69) is 15.3 Å². The maximum atomic E-state index is 13.2. The van der Waals surface area contributed by atoms with Gasteiger partial charge in [-0.05, 0) is 25.1 Å². The monoisotopic (exact) mass is 264 g/mol. The van der Waals surface area contributed by atoms with Crippen molar-refractivity contribution >= 4 is 5.82 Å². The summed E-state index contributed by atoms with van der Waals surface area (Å²) >= 11 is 0. The second-order valence-electron chi connectivity index (χ2n) is 4.03. The van der Waals surface area contributed by atoms with Gasteiger partial charge in [0.2, 0.25) is 0 Å². The maximum absolute atomic E-state index is 13.2. The molecule has 4 nitrogen and oxygen atoms in total. The standard InChI is InChI=1S/C13H14F2N4/c1-8-18-12(7-13(19-8)17-5-4-16)9-2-3-10(14)11(15)6-9/h2-3,6-7H,4-5,16H2,1H3,(H,17,18,19). The van der Waals surface area contributed by atoms with Gasteiger partial charge < -0.3 is 11.1 Å². The van der Waals surface area contributed by atoms with E-state index in [-0.39, 0.29) is 0 Å². The third-order valence-corrected chi connectivity index (χ3v) is 2.50. The van der Waals surface area contributed by atoms with Crippen molar-refractivity contribution in [2.45, 2.75) is 6.92 Å². The number of rotatable bonds is 4. The Morgan fingerprint density at radius 2 is 1.95 bits per heavy atom. The van der Waals surface area contributed by atoms with Crippen molar-refractivity contribution in [3.8, 4) is 11.3 Å². The van der Waals surface area contributed by atoms with Crippen LogP contribution in [0.5, 0.6) is 0 Å². The molecule has 0 bridgehead atoms. The van der Waals surface area contributed by atoms with Gasteiger partial charge in [0.05, 0.1) is 5.69 Å². The molecule has 1 heterocycles. The van der Waals surface area contributed by atoms with Crippen LogP contribution >= 0.6 is 0 Å². The Bertz CT molecular complexity index is 587. The zero-order valence-electron chi connectivity index (χ0n) is 10.5. The molecular weight excluding hydrogens is 250 g/mol. The fraction of sp³-hybridized carbons (Fsp3) is 0.231. The number of aryl methyl sites for hydroxylation is 1. The molecule has 0 fully saturated rings. The lowest BCUT2D eigenvalue weighted by atomic mass is 10.1. The largest absolute Gasteiger partial charge is 0.369 e. The minimum atomic E-state index is -0.898. The van der Waals surface area contributed by atoms with Crippen LogP contribution in [0, 0.1) is 18.6 Å². The summed E-state index contributed by atoms with van der Waals surface area (Å²) in [6.45, 7) is 2.79. The Balaban J connectivity index is 2.37. The summed E-state index contributed by atoms with van der Waals surface area (Å²) in [5.74, 6) is -0.624. The first kappa shape index (κ1) is 13.4. The Labute approximate surface area is 109 Å². The van der Waals surface area contributed by atoms with Gasteiger partial charge in [-0.2, -0.15) is 0 Å². The zero-order valence-corrected chi connectivity index (χ0v) is 10.5. The summed E-state index contributed by atoms with van der Waals surface area (Å²) in [7, 11) is 0. The third kappa shape index (κ3) is 3.23. The predicted molar refractivity (Wildman–Crippen MR) is 69.7 cm³/mol. The molecule has 0 saturated carbocycles. The second kappa shape index (κ2) is 5.71. The van der Waals surface area contributed by atoms with Gasteiger partial charge >= 0.3 is 0 Å². The maximum Gasteiger partial charge on any atom is 0.159 e. The summed E-state index contributed by atoms with van der Waals surface area (Å²) in [4.78, 5) is 8.40. The predicted octanol–water partition coefficient (Wildman–Crippen LogP) is 2.10. The average molecular weight is 264 g/mol. The van der Waals surface area contributed by atoms with Crippen LogP contribution in [0.15, 0.2) is 24.3 Å². The molecule has 0 radical (unpaired) electrons. The lowest BCUT2D eigenvalue weighted by molar-refractivity contribution is 0.509. The van der Waals surface area contributed by atoms with Crippen molar-refractivity contribution in [2.24, 2.45) is 5.73 Å². The molecule has 1 aromatic heterocycles. The highest BCUT2D eigenvalue weighted by molar-refractivity contribution is 5.62. The molecule has 0 aliphatic rings. The highest BCUT2D eigenvalue weighted by Crippen LogP contribution is 2.21. The fourth-order valence-electron chi connectivity index (χ4n) is 1.66. The van der Waals surface area contributed by atoms with Gasteiger partial charge in [0.15, 0.2) is 11.6 Å². The molecule has 1 aromatic carbocycles. The Morgan fingerprint density at radius 3 is 2.63 bits per heavy atom. The van der Waals surface area contributed by atoms with Crippen molar-refractivity contribution in [3.63, 3.8) is 0 Å². The van der Waals surface area contributed by atoms with Gasteiger partial charge in [0, 0.05) is 24.7 Å². The molecule has 19 heavy (non-hydrogen) atoms. The molecule has 0 saturated heterocycles.